The Morgan fingerprint density at radius 1 is 1.17 bits per heavy atom. The number of fused-ring (bicyclic) bond motifs is 1. The Kier molecular flexibility index (Phi) is 5.00. The number of thiazole rings is 1. The lowest BCUT2D eigenvalue weighted by Crippen LogP contribution is -2.24. The molecule has 0 aliphatic carbocycles. The van der Waals surface area contributed by atoms with Gasteiger partial charge in [-0.15, -0.1) is 11.3 Å². The van der Waals surface area contributed by atoms with Crippen LogP contribution in [0.4, 0.5) is 5.13 Å². The van der Waals surface area contributed by atoms with Crippen LogP contribution in [0.1, 0.15) is 12.7 Å². The number of rotatable bonds is 6. The highest BCUT2D eigenvalue weighted by atomic mass is 32.1. The molecule has 0 spiro atoms. The number of anilines is 1. The number of carbonyl (C=O) groups excluding carboxylic acids is 2. The van der Waals surface area contributed by atoms with Crippen LogP contribution in [0.25, 0.3) is 22.6 Å². The number of aromatic nitrogens is 2. The largest absolute Gasteiger partial charge is 0.458 e. The highest BCUT2D eigenvalue weighted by molar-refractivity contribution is 7.14. The van der Waals surface area contributed by atoms with Crippen LogP contribution in [0.5, 0.6) is 0 Å². The van der Waals surface area contributed by atoms with E-state index in [9.17, 15) is 14.4 Å². The van der Waals surface area contributed by atoms with Crippen LogP contribution in [0, 0.1) is 0 Å². The summed E-state index contributed by atoms with van der Waals surface area (Å²) in [6.45, 7) is 1.53. The number of benzene rings is 1. The quantitative estimate of drug-likeness (QED) is 0.502. The van der Waals surface area contributed by atoms with E-state index in [4.69, 9.17) is 8.83 Å². The van der Waals surface area contributed by atoms with Gasteiger partial charge in [-0.3, -0.25) is 14.2 Å². The molecule has 10 heteroatoms. The fourth-order valence-electron chi connectivity index (χ4n) is 2.73. The summed E-state index contributed by atoms with van der Waals surface area (Å²) >= 11 is 1.24. The van der Waals surface area contributed by atoms with Crippen molar-refractivity contribution < 1.29 is 18.4 Å². The predicted molar refractivity (Wildman–Crippen MR) is 106 cm³/mol. The van der Waals surface area contributed by atoms with E-state index >= 15 is 0 Å². The van der Waals surface area contributed by atoms with Crippen molar-refractivity contribution in [1.29, 1.82) is 0 Å². The number of para-hydroxylation sites is 2. The summed E-state index contributed by atoms with van der Waals surface area (Å²) in [6.07, 6.45) is 0. The van der Waals surface area contributed by atoms with Gasteiger partial charge in [0.15, 0.2) is 16.5 Å². The van der Waals surface area contributed by atoms with Crippen molar-refractivity contribution in [2.45, 2.75) is 20.0 Å². The SMILES string of the molecule is CC(=O)NCc1ccc(-c2csc(NC(=O)Cn3c(=O)oc4ccccc43)n2)o1. The van der Waals surface area contributed by atoms with Crippen molar-refractivity contribution in [2.75, 3.05) is 5.32 Å². The second-order valence-corrected chi connectivity index (χ2v) is 7.04. The molecule has 0 radical (unpaired) electrons. The molecular formula is C19H16N4O5S. The molecule has 0 aliphatic rings. The highest BCUT2D eigenvalue weighted by Crippen LogP contribution is 2.26. The number of furan rings is 1. The van der Waals surface area contributed by atoms with Crippen molar-refractivity contribution in [3.8, 4) is 11.5 Å². The second-order valence-electron chi connectivity index (χ2n) is 6.18. The number of nitrogens with zero attached hydrogens (tertiary/aromatic N) is 2. The number of oxazole rings is 1. The van der Waals surface area contributed by atoms with E-state index in [-0.39, 0.29) is 19.0 Å². The van der Waals surface area contributed by atoms with Crippen LogP contribution in [0.3, 0.4) is 0 Å². The van der Waals surface area contributed by atoms with Crippen LogP contribution in [-0.4, -0.2) is 21.4 Å². The molecule has 0 saturated heterocycles. The normalized spacial score (nSPS) is 10.9. The van der Waals surface area contributed by atoms with Crippen LogP contribution < -0.4 is 16.4 Å². The lowest BCUT2D eigenvalue weighted by molar-refractivity contribution is -0.119. The average molecular weight is 412 g/mol. The Bertz CT molecular complexity index is 1250. The third-order valence-corrected chi connectivity index (χ3v) is 4.81. The molecule has 0 bridgehead atoms. The predicted octanol–water partition coefficient (Wildman–Crippen LogP) is 2.59. The second kappa shape index (κ2) is 7.76. The Balaban J connectivity index is 1.44. The number of hydrogen-bond donors (Lipinski definition) is 2. The fourth-order valence-corrected chi connectivity index (χ4v) is 3.45. The Hall–Kier alpha value is -3.66. The fraction of sp³-hybridized carbons (Fsp3) is 0.158. The van der Waals surface area contributed by atoms with Gasteiger partial charge in [-0.25, -0.2) is 9.78 Å². The van der Waals surface area contributed by atoms with Gasteiger partial charge in [0.2, 0.25) is 11.8 Å². The molecule has 2 amide bonds. The molecule has 2 N–H and O–H groups in total. The van der Waals surface area contributed by atoms with Crippen molar-refractivity contribution in [1.82, 2.24) is 14.9 Å². The molecule has 9 nitrogen and oxygen atoms in total. The van der Waals surface area contributed by atoms with E-state index in [1.165, 1.54) is 22.8 Å². The zero-order chi connectivity index (χ0) is 20.4. The van der Waals surface area contributed by atoms with Gasteiger partial charge < -0.3 is 19.5 Å². The van der Waals surface area contributed by atoms with Gasteiger partial charge in [-0.2, -0.15) is 0 Å². The first-order valence-corrected chi connectivity index (χ1v) is 9.55. The summed E-state index contributed by atoms with van der Waals surface area (Å²) < 4.78 is 12.0. The number of hydrogen-bond acceptors (Lipinski definition) is 7. The molecule has 4 aromatic rings. The highest BCUT2D eigenvalue weighted by Gasteiger charge is 2.15. The van der Waals surface area contributed by atoms with E-state index in [2.05, 4.69) is 15.6 Å². The lowest BCUT2D eigenvalue weighted by atomic mass is 10.3. The van der Waals surface area contributed by atoms with E-state index < -0.39 is 11.7 Å². The van der Waals surface area contributed by atoms with Crippen molar-refractivity contribution in [2.24, 2.45) is 0 Å². The molecular weight excluding hydrogens is 396 g/mol. The van der Waals surface area contributed by atoms with Crippen LogP contribution in [0.2, 0.25) is 0 Å². The van der Waals surface area contributed by atoms with Crippen LogP contribution in [0.15, 0.2) is 55.4 Å². The molecule has 0 saturated carbocycles. The van der Waals surface area contributed by atoms with Gasteiger partial charge in [0, 0.05) is 12.3 Å². The summed E-state index contributed by atoms with van der Waals surface area (Å²) in [7, 11) is 0. The van der Waals surface area contributed by atoms with E-state index in [0.29, 0.717) is 33.4 Å². The van der Waals surface area contributed by atoms with E-state index in [0.717, 1.165) is 0 Å². The summed E-state index contributed by atoms with van der Waals surface area (Å²) in [4.78, 5) is 39.7. The van der Waals surface area contributed by atoms with Gasteiger partial charge in [0.25, 0.3) is 0 Å². The molecule has 3 heterocycles. The lowest BCUT2D eigenvalue weighted by Gasteiger charge is -2.02. The maximum atomic E-state index is 12.4. The molecule has 148 valence electrons. The zero-order valence-electron chi connectivity index (χ0n) is 15.3. The first-order valence-electron chi connectivity index (χ1n) is 8.67. The monoisotopic (exact) mass is 412 g/mol. The number of amides is 2. The van der Waals surface area contributed by atoms with Gasteiger partial charge in [-0.05, 0) is 24.3 Å². The molecule has 3 aromatic heterocycles. The molecule has 1 aromatic carbocycles. The minimum absolute atomic E-state index is 0.147. The van der Waals surface area contributed by atoms with Crippen molar-refractivity contribution in [3.63, 3.8) is 0 Å². The maximum absolute atomic E-state index is 12.4. The molecule has 29 heavy (non-hydrogen) atoms. The van der Waals surface area contributed by atoms with E-state index in [1.54, 1.807) is 41.8 Å². The topological polar surface area (TPSA) is 119 Å². The van der Waals surface area contributed by atoms with Gasteiger partial charge in [0.1, 0.15) is 18.0 Å². The maximum Gasteiger partial charge on any atom is 0.420 e. The molecule has 4 rings (SSSR count). The Labute approximate surface area is 168 Å². The Morgan fingerprint density at radius 3 is 2.83 bits per heavy atom. The molecule has 0 aliphatic heterocycles. The number of carbonyl (C=O) groups is 2. The smallest absolute Gasteiger partial charge is 0.420 e. The third kappa shape index (κ3) is 4.11. The average Bonchev–Trinajstić information content (AvgIpc) is 3.40. The summed E-state index contributed by atoms with van der Waals surface area (Å²) in [5.41, 5.74) is 1.54. The third-order valence-electron chi connectivity index (χ3n) is 4.05. The summed E-state index contributed by atoms with van der Waals surface area (Å²) in [6, 6.07) is 10.4. The molecule has 0 unspecified atom stereocenters. The molecule has 0 fully saturated rings. The van der Waals surface area contributed by atoms with E-state index in [1.807, 2.05) is 0 Å². The van der Waals surface area contributed by atoms with Gasteiger partial charge in [-0.1, -0.05) is 12.1 Å². The van der Waals surface area contributed by atoms with Gasteiger partial charge >= 0.3 is 5.76 Å². The Morgan fingerprint density at radius 2 is 2.00 bits per heavy atom. The van der Waals surface area contributed by atoms with Crippen molar-refractivity contribution >= 4 is 39.4 Å². The van der Waals surface area contributed by atoms with Crippen molar-refractivity contribution in [3.05, 3.63) is 58.1 Å². The van der Waals surface area contributed by atoms with Crippen LogP contribution >= 0.6 is 11.3 Å². The van der Waals surface area contributed by atoms with Gasteiger partial charge in [0.05, 0.1) is 12.1 Å². The summed E-state index contributed by atoms with van der Waals surface area (Å²) in [5.74, 6) is -0.0148. The number of nitrogens with one attached hydrogen (secondary N) is 2. The first kappa shape index (κ1) is 18.7. The minimum Gasteiger partial charge on any atom is -0.458 e. The molecule has 0 atom stereocenters. The zero-order valence-corrected chi connectivity index (χ0v) is 16.1. The summed E-state index contributed by atoms with van der Waals surface area (Å²) in [5, 5.41) is 7.46. The minimum atomic E-state index is -0.594. The van der Waals surface area contributed by atoms with Crippen LogP contribution in [-0.2, 0) is 22.7 Å². The standard InChI is InChI=1S/C19H16N4O5S/c1-11(24)20-8-12-6-7-15(27-12)13-10-29-18(21-13)22-17(25)9-23-14-4-2-3-5-16(14)28-19(23)26/h2-7,10H,8-9H2,1H3,(H,20,24)(H,21,22,25). The first-order chi connectivity index (χ1) is 14.0.